The van der Waals surface area contributed by atoms with Crippen molar-refractivity contribution < 1.29 is 24.2 Å². The van der Waals surface area contributed by atoms with Gasteiger partial charge in [0.2, 0.25) is 0 Å². The summed E-state index contributed by atoms with van der Waals surface area (Å²) in [5.74, 6) is 0.975. The van der Waals surface area contributed by atoms with E-state index in [1.165, 1.54) is 29.6 Å². The predicted molar refractivity (Wildman–Crippen MR) is 174 cm³/mol. The van der Waals surface area contributed by atoms with Gasteiger partial charge < -0.3 is 14.6 Å². The van der Waals surface area contributed by atoms with E-state index in [1.807, 2.05) is 42.7 Å². The van der Waals surface area contributed by atoms with E-state index in [1.54, 1.807) is 0 Å². The number of aliphatic carboxylic acids is 1. The molecule has 6 rings (SSSR count). The number of esters is 1. The number of carboxylic acid groups (broad SMARTS) is 1. The van der Waals surface area contributed by atoms with Crippen LogP contribution in [0.2, 0.25) is 0 Å². The van der Waals surface area contributed by atoms with Crippen molar-refractivity contribution in [2.75, 3.05) is 13.3 Å². The molecule has 4 aliphatic carbocycles. The number of carbonyl (C=O) groups excluding carboxylic acids is 1. The topological polar surface area (TPSA) is 97.8 Å². The number of hydrogen-bond donors (Lipinski definition) is 2. The molecular weight excluding hydrogens is 564 g/mol. The largest absolute Gasteiger partial charge is 0.480 e. The van der Waals surface area contributed by atoms with Crippen LogP contribution in [-0.4, -0.2) is 47.5 Å². The normalized spacial score (nSPS) is 31.1. The van der Waals surface area contributed by atoms with E-state index >= 15 is 0 Å². The summed E-state index contributed by atoms with van der Waals surface area (Å²) in [6, 6.07) is 13.1. The zero-order valence-corrected chi connectivity index (χ0v) is 26.8. The highest BCUT2D eigenvalue weighted by atomic mass is 16.5. The second kappa shape index (κ2) is 13.6. The molecular formula is C38H48N2O5. The van der Waals surface area contributed by atoms with Gasteiger partial charge in [0.25, 0.3) is 0 Å². The van der Waals surface area contributed by atoms with E-state index in [9.17, 15) is 14.7 Å². The maximum atomic E-state index is 12.7. The zero-order chi connectivity index (χ0) is 31.4. The van der Waals surface area contributed by atoms with Crippen LogP contribution in [0.15, 0.2) is 72.6 Å². The minimum Gasteiger partial charge on any atom is -0.480 e. The van der Waals surface area contributed by atoms with Gasteiger partial charge in [0.15, 0.2) is 0 Å². The van der Waals surface area contributed by atoms with Crippen LogP contribution in [0.3, 0.4) is 0 Å². The third kappa shape index (κ3) is 6.66. The second-order valence-electron chi connectivity index (χ2n) is 14.1. The molecule has 7 atom stereocenters. The van der Waals surface area contributed by atoms with E-state index in [2.05, 4.69) is 48.4 Å². The van der Waals surface area contributed by atoms with Gasteiger partial charge in [-0.1, -0.05) is 68.0 Å². The van der Waals surface area contributed by atoms with Gasteiger partial charge in [0, 0.05) is 31.8 Å². The number of nitrogens with one attached hydrogen (secondary N) is 1. The standard InChI is InChI=1S/C38H48N2O5/c1-37-18-16-29(45-35(41)11-7-21-44-25-40-34(36(42)43)22-26-8-4-3-5-9-26)23-28(37)12-13-30-32-15-14-31(27-10-6-20-39-24-27)38(32,2)19-17-33(30)37/h3-6,8-10,12,14,20,24,29-30,32-34,40H,7,11,13,15-19,21-23,25H2,1-2H3,(H,42,43)/t29-,30-,32?,33?,34-,37-,38+/m0/s1. The molecule has 1 aromatic carbocycles. The Kier molecular flexibility index (Phi) is 9.57. The molecule has 2 N–H and O–H groups in total. The van der Waals surface area contributed by atoms with Crippen molar-refractivity contribution in [2.24, 2.45) is 28.6 Å². The molecule has 0 saturated heterocycles. The summed E-state index contributed by atoms with van der Waals surface area (Å²) in [7, 11) is 0. The van der Waals surface area contributed by atoms with E-state index in [-0.39, 0.29) is 29.6 Å². The van der Waals surface area contributed by atoms with Gasteiger partial charge >= 0.3 is 11.9 Å². The van der Waals surface area contributed by atoms with Crippen molar-refractivity contribution in [3.05, 3.63) is 83.7 Å². The smallest absolute Gasteiger partial charge is 0.321 e. The molecule has 45 heavy (non-hydrogen) atoms. The van der Waals surface area contributed by atoms with Gasteiger partial charge in [-0.05, 0) is 103 Å². The summed E-state index contributed by atoms with van der Waals surface area (Å²) in [6.45, 7) is 5.48. The molecule has 0 aliphatic heterocycles. The molecule has 2 saturated carbocycles. The zero-order valence-electron chi connectivity index (χ0n) is 26.8. The first-order chi connectivity index (χ1) is 21.8. The average molecular weight is 613 g/mol. The first kappa shape index (κ1) is 31.7. The quantitative estimate of drug-likeness (QED) is 0.115. The van der Waals surface area contributed by atoms with E-state index in [0.717, 1.165) is 37.7 Å². The summed E-state index contributed by atoms with van der Waals surface area (Å²) in [4.78, 5) is 28.7. The Morgan fingerprint density at radius 3 is 2.62 bits per heavy atom. The second-order valence-corrected chi connectivity index (χ2v) is 14.1. The molecule has 2 unspecified atom stereocenters. The van der Waals surface area contributed by atoms with Gasteiger partial charge in [-0.25, -0.2) is 0 Å². The molecule has 7 heteroatoms. The Balaban J connectivity index is 0.948. The van der Waals surface area contributed by atoms with Crippen molar-refractivity contribution in [1.29, 1.82) is 0 Å². The van der Waals surface area contributed by atoms with Gasteiger partial charge in [-0.3, -0.25) is 19.9 Å². The van der Waals surface area contributed by atoms with Gasteiger partial charge in [0.05, 0.1) is 6.73 Å². The lowest BCUT2D eigenvalue weighted by Crippen LogP contribution is -2.50. The molecule has 0 radical (unpaired) electrons. The molecule has 4 aliphatic rings. The number of nitrogens with zero attached hydrogens (tertiary/aromatic N) is 1. The van der Waals surface area contributed by atoms with Gasteiger partial charge in [0.1, 0.15) is 12.1 Å². The maximum absolute atomic E-state index is 12.7. The molecule has 240 valence electrons. The van der Waals surface area contributed by atoms with Crippen LogP contribution in [0.1, 0.15) is 82.8 Å². The minimum absolute atomic E-state index is 0.0514. The number of carbonyl (C=O) groups is 2. The lowest BCUT2D eigenvalue weighted by atomic mass is 9.47. The van der Waals surface area contributed by atoms with Crippen LogP contribution in [0.4, 0.5) is 0 Å². The summed E-state index contributed by atoms with van der Waals surface area (Å²) in [5, 5.41) is 12.5. The molecule has 0 amide bonds. The summed E-state index contributed by atoms with van der Waals surface area (Å²) >= 11 is 0. The summed E-state index contributed by atoms with van der Waals surface area (Å²) in [5.41, 5.74) is 5.67. The number of aromatic nitrogens is 1. The fourth-order valence-electron chi connectivity index (χ4n) is 9.16. The first-order valence-corrected chi connectivity index (χ1v) is 16.9. The van der Waals surface area contributed by atoms with Crippen LogP contribution in [0.5, 0.6) is 0 Å². The third-order valence-electron chi connectivity index (χ3n) is 11.6. The molecule has 1 aromatic heterocycles. The average Bonchev–Trinajstić information content (AvgIpc) is 3.40. The predicted octanol–water partition coefficient (Wildman–Crippen LogP) is 6.99. The van der Waals surface area contributed by atoms with E-state index in [4.69, 9.17) is 9.47 Å². The number of hydrogen-bond acceptors (Lipinski definition) is 6. The Labute approximate surface area is 267 Å². The molecule has 1 heterocycles. The van der Waals surface area contributed by atoms with Crippen molar-refractivity contribution in [2.45, 2.75) is 90.2 Å². The Bertz CT molecular complexity index is 1410. The van der Waals surface area contributed by atoms with Crippen LogP contribution in [-0.2, 0) is 25.5 Å². The van der Waals surface area contributed by atoms with E-state index < -0.39 is 12.0 Å². The van der Waals surface area contributed by atoms with Crippen molar-refractivity contribution in [3.63, 3.8) is 0 Å². The summed E-state index contributed by atoms with van der Waals surface area (Å²) < 4.78 is 11.6. The lowest BCUT2D eigenvalue weighted by molar-refractivity contribution is -0.151. The van der Waals surface area contributed by atoms with Crippen molar-refractivity contribution in [1.82, 2.24) is 10.3 Å². The van der Waals surface area contributed by atoms with Gasteiger partial charge in [-0.15, -0.1) is 0 Å². The molecule has 2 fully saturated rings. The van der Waals surface area contributed by atoms with Gasteiger partial charge in [-0.2, -0.15) is 0 Å². The SMILES string of the molecule is C[C@]12CC[C@H](OC(=O)CCCOCN[C@@H](Cc3ccccc3)C(=O)O)CC1=CC[C@@H]1C2CC[C@]2(C)C(c3cccnc3)=CCC12. The highest BCUT2D eigenvalue weighted by molar-refractivity contribution is 5.74. The fourth-order valence-corrected chi connectivity index (χ4v) is 9.16. The molecule has 2 aromatic rings. The highest BCUT2D eigenvalue weighted by Crippen LogP contribution is 2.66. The minimum atomic E-state index is -0.911. The number of ether oxygens (including phenoxy) is 2. The Morgan fingerprint density at radius 1 is 1.02 bits per heavy atom. The number of allylic oxidation sites excluding steroid dienone is 3. The number of benzene rings is 1. The number of rotatable bonds is 12. The molecule has 0 spiro atoms. The maximum Gasteiger partial charge on any atom is 0.321 e. The molecule has 0 bridgehead atoms. The number of carboxylic acids is 1. The van der Waals surface area contributed by atoms with Crippen LogP contribution in [0, 0.1) is 28.6 Å². The number of fused-ring (bicyclic) bond motifs is 5. The third-order valence-corrected chi connectivity index (χ3v) is 11.6. The first-order valence-electron chi connectivity index (χ1n) is 16.9. The Morgan fingerprint density at radius 2 is 1.84 bits per heavy atom. The van der Waals surface area contributed by atoms with Crippen LogP contribution in [0.25, 0.3) is 5.57 Å². The van der Waals surface area contributed by atoms with Crippen LogP contribution >= 0.6 is 0 Å². The Hall–Kier alpha value is -3.29. The van der Waals surface area contributed by atoms with Crippen molar-refractivity contribution in [3.8, 4) is 0 Å². The number of pyridine rings is 1. The van der Waals surface area contributed by atoms with E-state index in [0.29, 0.717) is 43.6 Å². The lowest BCUT2D eigenvalue weighted by Gasteiger charge is -2.57. The highest BCUT2D eigenvalue weighted by Gasteiger charge is 2.57. The molecule has 7 nitrogen and oxygen atoms in total. The summed E-state index contributed by atoms with van der Waals surface area (Å²) in [6.07, 6.45) is 17.7. The fraction of sp³-hybridized carbons (Fsp3) is 0.553. The van der Waals surface area contributed by atoms with Crippen LogP contribution < -0.4 is 5.32 Å². The van der Waals surface area contributed by atoms with Crippen molar-refractivity contribution >= 4 is 17.5 Å². The monoisotopic (exact) mass is 612 g/mol.